The van der Waals surface area contributed by atoms with E-state index in [0.29, 0.717) is 34.4 Å². The van der Waals surface area contributed by atoms with Crippen LogP contribution in [0.1, 0.15) is 29.3 Å². The molecule has 0 radical (unpaired) electrons. The van der Waals surface area contributed by atoms with Gasteiger partial charge in [-0.1, -0.05) is 60.1 Å². The topological polar surface area (TPSA) is 127 Å². The molecule has 1 heterocycles. The maximum atomic E-state index is 13.0. The number of nitrogens with one attached hydrogen (secondary N) is 3. The number of aromatic amines is 1. The van der Waals surface area contributed by atoms with E-state index in [4.69, 9.17) is 25.8 Å². The lowest BCUT2D eigenvalue weighted by Gasteiger charge is -2.16. The number of alkyl carbamates (subject to hydrolysis) is 1. The number of hydrazone groups is 1. The third kappa shape index (κ3) is 9.11. The zero-order chi connectivity index (χ0) is 28.9. The van der Waals surface area contributed by atoms with E-state index in [0.717, 1.165) is 11.1 Å². The summed E-state index contributed by atoms with van der Waals surface area (Å²) in [6.07, 6.45) is 3.97. The van der Waals surface area contributed by atoms with Crippen LogP contribution in [0.15, 0.2) is 90.4 Å². The maximum Gasteiger partial charge on any atom is 0.408 e. The van der Waals surface area contributed by atoms with Gasteiger partial charge in [0, 0.05) is 28.9 Å². The summed E-state index contributed by atoms with van der Waals surface area (Å²) in [5, 5.41) is 7.29. The van der Waals surface area contributed by atoms with Gasteiger partial charge in [0.25, 0.3) is 5.91 Å². The molecule has 0 aliphatic carbocycles. The molecule has 4 rings (SSSR count). The van der Waals surface area contributed by atoms with Crippen LogP contribution < -0.4 is 20.2 Å². The molecule has 0 fully saturated rings. The largest absolute Gasteiger partial charge is 0.490 e. The Bertz CT molecular complexity index is 1450. The molecule has 10 nitrogen and oxygen atoms in total. The minimum atomic E-state index is -0.963. The number of hydrogen-bond donors (Lipinski definition) is 3. The lowest BCUT2D eigenvalue weighted by Crippen LogP contribution is -2.47. The first-order chi connectivity index (χ1) is 20.0. The number of halogens is 1. The zero-order valence-corrected chi connectivity index (χ0v) is 23.1. The van der Waals surface area contributed by atoms with Crippen molar-refractivity contribution in [3.63, 3.8) is 0 Å². The van der Waals surface area contributed by atoms with Crippen LogP contribution >= 0.6 is 11.6 Å². The summed E-state index contributed by atoms with van der Waals surface area (Å²) in [5.74, 6) is 0.540. The summed E-state index contributed by atoms with van der Waals surface area (Å²) in [7, 11) is 0. The molecule has 0 unspecified atom stereocenters. The van der Waals surface area contributed by atoms with Gasteiger partial charge in [0.15, 0.2) is 11.5 Å². The van der Waals surface area contributed by atoms with Crippen molar-refractivity contribution in [2.24, 2.45) is 5.10 Å². The van der Waals surface area contributed by atoms with Gasteiger partial charge >= 0.3 is 6.09 Å². The van der Waals surface area contributed by atoms with Crippen LogP contribution in [0.5, 0.6) is 11.5 Å². The normalized spacial score (nSPS) is 11.6. The Morgan fingerprint density at radius 3 is 2.59 bits per heavy atom. The van der Waals surface area contributed by atoms with E-state index in [2.05, 4.69) is 25.8 Å². The van der Waals surface area contributed by atoms with E-state index in [1.54, 1.807) is 30.5 Å². The second-order valence-corrected chi connectivity index (χ2v) is 9.20. The van der Waals surface area contributed by atoms with E-state index < -0.39 is 18.0 Å². The van der Waals surface area contributed by atoms with Gasteiger partial charge in [-0.25, -0.2) is 15.2 Å². The van der Waals surface area contributed by atoms with Crippen LogP contribution in [-0.2, 0) is 29.2 Å². The van der Waals surface area contributed by atoms with Gasteiger partial charge in [-0.3, -0.25) is 4.79 Å². The van der Waals surface area contributed by atoms with Crippen LogP contribution in [0.3, 0.4) is 0 Å². The summed E-state index contributed by atoms with van der Waals surface area (Å²) in [4.78, 5) is 32.3. The number of aromatic nitrogens is 2. The molecule has 4 aromatic rings. The highest BCUT2D eigenvalue weighted by Crippen LogP contribution is 2.29. The van der Waals surface area contributed by atoms with Gasteiger partial charge in [0.2, 0.25) is 0 Å². The van der Waals surface area contributed by atoms with Crippen molar-refractivity contribution in [3.05, 3.63) is 113 Å². The molecule has 0 aliphatic heterocycles. The number of imidazole rings is 1. The molecule has 2 amide bonds. The highest BCUT2D eigenvalue weighted by molar-refractivity contribution is 6.31. The average molecular weight is 576 g/mol. The lowest BCUT2D eigenvalue weighted by atomic mass is 10.1. The quantitative estimate of drug-likeness (QED) is 0.152. The predicted molar refractivity (Wildman–Crippen MR) is 155 cm³/mol. The van der Waals surface area contributed by atoms with Gasteiger partial charge in [-0.2, -0.15) is 5.10 Å². The van der Waals surface area contributed by atoms with Crippen LogP contribution in [0.4, 0.5) is 4.79 Å². The highest BCUT2D eigenvalue weighted by Gasteiger charge is 2.22. The number of nitrogens with zero attached hydrogens (tertiary/aromatic N) is 2. The van der Waals surface area contributed by atoms with E-state index in [1.807, 2.05) is 55.5 Å². The number of rotatable bonds is 13. The number of hydrogen-bond acceptors (Lipinski definition) is 7. The standard InChI is InChI=1S/C30H30ClN5O5/c1-2-39-28-14-22(12-13-27(28)40-19-23-10-6-7-11-25(23)31)16-34-36-29(37)26(15-24-17-32-20-33-24)35-30(38)41-18-21-8-4-3-5-9-21/h3-14,16-17,20,26H,2,15,18-19H2,1H3,(H,32,33)(H,35,38)(H,36,37)/b34-16-/t26-/m0/s1. The van der Waals surface area contributed by atoms with Gasteiger partial charge in [-0.05, 0) is 42.3 Å². The molecule has 0 spiro atoms. The Morgan fingerprint density at radius 2 is 1.83 bits per heavy atom. The predicted octanol–water partition coefficient (Wildman–Crippen LogP) is 5.03. The Kier molecular flexibility index (Phi) is 10.7. The molecule has 11 heteroatoms. The van der Waals surface area contributed by atoms with Gasteiger partial charge in [-0.15, -0.1) is 0 Å². The summed E-state index contributed by atoms with van der Waals surface area (Å²) in [6.45, 7) is 2.66. The summed E-state index contributed by atoms with van der Waals surface area (Å²) >= 11 is 6.23. The van der Waals surface area contributed by atoms with Crippen LogP contribution in [0.2, 0.25) is 5.02 Å². The van der Waals surface area contributed by atoms with Crippen LogP contribution in [0, 0.1) is 0 Å². The SMILES string of the molecule is CCOc1cc(/C=N\NC(=O)[C@H](Cc2cnc[nH]2)NC(=O)OCc2ccccc2)ccc1OCc1ccccc1Cl. The lowest BCUT2D eigenvalue weighted by molar-refractivity contribution is -0.123. The fourth-order valence-corrected chi connectivity index (χ4v) is 3.93. The molecule has 3 aromatic carbocycles. The average Bonchev–Trinajstić information content (AvgIpc) is 3.50. The Hall–Kier alpha value is -4.83. The summed E-state index contributed by atoms with van der Waals surface area (Å²) in [6, 6.07) is 21.0. The Balaban J connectivity index is 1.37. The second kappa shape index (κ2) is 15.1. The van der Waals surface area contributed by atoms with Crippen molar-refractivity contribution in [2.75, 3.05) is 6.61 Å². The smallest absolute Gasteiger partial charge is 0.408 e. The molecular formula is C30H30ClN5O5. The monoisotopic (exact) mass is 575 g/mol. The van der Waals surface area contributed by atoms with Crippen molar-refractivity contribution >= 4 is 29.8 Å². The molecule has 0 saturated heterocycles. The minimum absolute atomic E-state index is 0.0729. The van der Waals surface area contributed by atoms with E-state index >= 15 is 0 Å². The van der Waals surface area contributed by atoms with Crippen molar-refractivity contribution in [3.8, 4) is 11.5 Å². The maximum absolute atomic E-state index is 13.0. The first-order valence-corrected chi connectivity index (χ1v) is 13.3. The molecule has 3 N–H and O–H groups in total. The number of amides is 2. The zero-order valence-electron chi connectivity index (χ0n) is 22.4. The summed E-state index contributed by atoms with van der Waals surface area (Å²) < 4.78 is 17.0. The first kappa shape index (κ1) is 29.2. The minimum Gasteiger partial charge on any atom is -0.490 e. The fourth-order valence-electron chi connectivity index (χ4n) is 3.74. The van der Waals surface area contributed by atoms with E-state index in [9.17, 15) is 9.59 Å². The third-order valence-electron chi connectivity index (χ3n) is 5.80. The number of benzene rings is 3. The van der Waals surface area contributed by atoms with Crippen molar-refractivity contribution in [2.45, 2.75) is 32.6 Å². The number of carbonyl (C=O) groups excluding carboxylic acids is 2. The molecular weight excluding hydrogens is 546 g/mol. The number of ether oxygens (including phenoxy) is 3. The Labute approximate surface area is 242 Å². The van der Waals surface area contributed by atoms with Gasteiger partial charge in [0.05, 0.1) is 19.1 Å². The molecule has 1 aromatic heterocycles. The van der Waals surface area contributed by atoms with E-state index in [-0.39, 0.29) is 19.6 Å². The van der Waals surface area contributed by atoms with E-state index in [1.165, 1.54) is 12.5 Å². The molecule has 1 atom stereocenters. The molecule has 0 bridgehead atoms. The number of H-pyrrole nitrogens is 1. The second-order valence-electron chi connectivity index (χ2n) is 8.79. The van der Waals surface area contributed by atoms with Crippen LogP contribution in [0.25, 0.3) is 0 Å². The van der Waals surface area contributed by atoms with Crippen molar-refractivity contribution in [1.82, 2.24) is 20.7 Å². The highest BCUT2D eigenvalue weighted by atomic mass is 35.5. The molecule has 0 saturated carbocycles. The van der Waals surface area contributed by atoms with Crippen LogP contribution in [-0.4, -0.2) is 40.8 Å². The molecule has 0 aliphatic rings. The Morgan fingerprint density at radius 1 is 1.02 bits per heavy atom. The van der Waals surface area contributed by atoms with Gasteiger partial charge in [0.1, 0.15) is 19.3 Å². The molecule has 41 heavy (non-hydrogen) atoms. The fraction of sp³-hybridized carbons (Fsp3) is 0.200. The third-order valence-corrected chi connectivity index (χ3v) is 6.17. The first-order valence-electron chi connectivity index (χ1n) is 12.9. The summed E-state index contributed by atoms with van der Waals surface area (Å²) in [5.41, 5.74) is 5.49. The van der Waals surface area contributed by atoms with Gasteiger partial charge < -0.3 is 24.5 Å². The van der Waals surface area contributed by atoms with Crippen molar-refractivity contribution < 1.29 is 23.8 Å². The van der Waals surface area contributed by atoms with Crippen molar-refractivity contribution in [1.29, 1.82) is 0 Å². The molecule has 212 valence electrons. The number of carbonyl (C=O) groups is 2.